The highest BCUT2D eigenvalue weighted by atomic mass is 16.3. The molecule has 2 rings (SSSR count). The van der Waals surface area contributed by atoms with Crippen molar-refractivity contribution in [3.8, 4) is 5.75 Å². The van der Waals surface area contributed by atoms with Gasteiger partial charge in [0.15, 0.2) is 0 Å². The largest absolute Gasteiger partial charge is 0.508 e. The summed E-state index contributed by atoms with van der Waals surface area (Å²) in [5.41, 5.74) is 3.12. The van der Waals surface area contributed by atoms with Gasteiger partial charge in [0.2, 0.25) is 0 Å². The van der Waals surface area contributed by atoms with Crippen molar-refractivity contribution >= 4 is 0 Å². The predicted molar refractivity (Wildman–Crippen MR) is 70.8 cm³/mol. The van der Waals surface area contributed by atoms with Gasteiger partial charge in [-0.2, -0.15) is 0 Å². The van der Waals surface area contributed by atoms with Gasteiger partial charge in [0.1, 0.15) is 5.75 Å². The zero-order valence-corrected chi connectivity index (χ0v) is 11.5. The Morgan fingerprint density at radius 1 is 1.22 bits per heavy atom. The van der Waals surface area contributed by atoms with Crippen LogP contribution in [0.3, 0.4) is 0 Å². The summed E-state index contributed by atoms with van der Waals surface area (Å²) < 4.78 is 0. The third-order valence-electron chi connectivity index (χ3n) is 4.36. The highest BCUT2D eigenvalue weighted by Crippen LogP contribution is 2.52. The first-order chi connectivity index (χ1) is 8.27. The Labute approximate surface area is 108 Å². The SMILES string of the molecule is Cc1c(O)cc2c(c1CO)[C@](C)(CO)CC2(C)C. The Morgan fingerprint density at radius 2 is 1.83 bits per heavy atom. The molecule has 18 heavy (non-hydrogen) atoms. The number of aliphatic hydroxyl groups is 2. The van der Waals surface area contributed by atoms with Gasteiger partial charge in [0.05, 0.1) is 13.2 Å². The van der Waals surface area contributed by atoms with E-state index in [1.165, 1.54) is 0 Å². The number of phenols is 1. The van der Waals surface area contributed by atoms with Gasteiger partial charge >= 0.3 is 0 Å². The molecule has 0 unspecified atom stereocenters. The fourth-order valence-electron chi connectivity index (χ4n) is 3.54. The van der Waals surface area contributed by atoms with E-state index in [4.69, 9.17) is 0 Å². The van der Waals surface area contributed by atoms with Crippen molar-refractivity contribution in [3.05, 3.63) is 28.3 Å². The van der Waals surface area contributed by atoms with Crippen LogP contribution < -0.4 is 0 Å². The minimum absolute atomic E-state index is 0.0562. The van der Waals surface area contributed by atoms with Crippen molar-refractivity contribution < 1.29 is 15.3 Å². The van der Waals surface area contributed by atoms with Crippen LogP contribution in [0, 0.1) is 6.92 Å². The highest BCUT2D eigenvalue weighted by Gasteiger charge is 2.46. The zero-order valence-electron chi connectivity index (χ0n) is 11.5. The number of aromatic hydroxyl groups is 1. The van der Waals surface area contributed by atoms with Gasteiger partial charge in [-0.3, -0.25) is 0 Å². The summed E-state index contributed by atoms with van der Waals surface area (Å²) in [7, 11) is 0. The van der Waals surface area contributed by atoms with Crippen molar-refractivity contribution in [2.24, 2.45) is 0 Å². The maximum Gasteiger partial charge on any atom is 0.119 e. The number of phenolic OH excluding ortho intramolecular Hbond substituents is 1. The molecular weight excluding hydrogens is 228 g/mol. The van der Waals surface area contributed by atoms with Crippen molar-refractivity contribution in [1.29, 1.82) is 0 Å². The van der Waals surface area contributed by atoms with Crippen LogP contribution in [0.15, 0.2) is 6.07 Å². The van der Waals surface area contributed by atoms with Gasteiger partial charge < -0.3 is 15.3 Å². The molecular formula is C15H22O3. The molecule has 3 nitrogen and oxygen atoms in total. The topological polar surface area (TPSA) is 60.7 Å². The summed E-state index contributed by atoms with van der Waals surface area (Å²) in [6.07, 6.45) is 0.821. The summed E-state index contributed by atoms with van der Waals surface area (Å²) in [6.45, 7) is 8.01. The third-order valence-corrected chi connectivity index (χ3v) is 4.36. The summed E-state index contributed by atoms with van der Waals surface area (Å²) in [6, 6.07) is 1.80. The van der Waals surface area contributed by atoms with Crippen LogP contribution in [0.2, 0.25) is 0 Å². The first-order valence-corrected chi connectivity index (χ1v) is 6.35. The summed E-state index contributed by atoms with van der Waals surface area (Å²) >= 11 is 0. The summed E-state index contributed by atoms with van der Waals surface area (Å²) in [5, 5.41) is 29.3. The third kappa shape index (κ3) is 1.65. The molecule has 1 atom stereocenters. The molecule has 0 aliphatic heterocycles. The Hall–Kier alpha value is -1.06. The van der Waals surface area contributed by atoms with Crippen molar-refractivity contribution in [2.45, 2.75) is 51.6 Å². The van der Waals surface area contributed by atoms with Crippen LogP contribution in [0.4, 0.5) is 0 Å². The average molecular weight is 250 g/mol. The fourth-order valence-corrected chi connectivity index (χ4v) is 3.54. The second-order valence-corrected chi connectivity index (χ2v) is 6.36. The van der Waals surface area contributed by atoms with E-state index in [0.717, 1.165) is 23.1 Å². The highest BCUT2D eigenvalue weighted by molar-refractivity contribution is 5.57. The minimum Gasteiger partial charge on any atom is -0.508 e. The van der Waals surface area contributed by atoms with E-state index in [-0.39, 0.29) is 29.8 Å². The lowest BCUT2D eigenvalue weighted by Gasteiger charge is -2.26. The fraction of sp³-hybridized carbons (Fsp3) is 0.600. The average Bonchev–Trinajstić information content (AvgIpc) is 2.49. The molecule has 0 saturated heterocycles. The molecule has 0 radical (unpaired) electrons. The number of rotatable bonds is 2. The monoisotopic (exact) mass is 250 g/mol. The molecule has 1 aromatic carbocycles. The van der Waals surface area contributed by atoms with Crippen LogP contribution in [0.1, 0.15) is 49.4 Å². The van der Waals surface area contributed by atoms with E-state index in [1.54, 1.807) is 6.07 Å². The Kier molecular flexibility index (Phi) is 2.95. The summed E-state index contributed by atoms with van der Waals surface area (Å²) in [4.78, 5) is 0. The normalized spacial score (nSPS) is 25.2. The summed E-state index contributed by atoms with van der Waals surface area (Å²) in [5.74, 6) is 0.230. The van der Waals surface area contributed by atoms with E-state index in [2.05, 4.69) is 13.8 Å². The van der Waals surface area contributed by atoms with Crippen LogP contribution in [-0.4, -0.2) is 21.9 Å². The van der Waals surface area contributed by atoms with Crippen molar-refractivity contribution in [2.75, 3.05) is 6.61 Å². The maximum atomic E-state index is 10.00. The lowest BCUT2D eigenvalue weighted by molar-refractivity contribution is 0.188. The first kappa shape index (κ1) is 13.4. The molecule has 1 aliphatic rings. The molecule has 1 aliphatic carbocycles. The minimum atomic E-state index is -0.338. The molecule has 0 saturated carbocycles. The molecule has 0 fully saturated rings. The van der Waals surface area contributed by atoms with Crippen molar-refractivity contribution in [1.82, 2.24) is 0 Å². The van der Waals surface area contributed by atoms with Gasteiger partial charge in [0, 0.05) is 5.41 Å². The predicted octanol–water partition coefficient (Wildman–Crippen LogP) is 2.12. The number of hydrogen-bond acceptors (Lipinski definition) is 3. The van der Waals surface area contributed by atoms with E-state index in [9.17, 15) is 15.3 Å². The van der Waals surface area contributed by atoms with E-state index in [0.29, 0.717) is 5.56 Å². The van der Waals surface area contributed by atoms with Crippen LogP contribution >= 0.6 is 0 Å². The van der Waals surface area contributed by atoms with E-state index in [1.807, 2.05) is 13.8 Å². The van der Waals surface area contributed by atoms with Crippen molar-refractivity contribution in [3.63, 3.8) is 0 Å². The second-order valence-electron chi connectivity index (χ2n) is 6.36. The van der Waals surface area contributed by atoms with Gasteiger partial charge in [-0.15, -0.1) is 0 Å². The van der Waals surface area contributed by atoms with Gasteiger partial charge in [0.25, 0.3) is 0 Å². The van der Waals surface area contributed by atoms with Crippen LogP contribution in [-0.2, 0) is 17.4 Å². The lowest BCUT2D eigenvalue weighted by Crippen LogP contribution is -2.27. The molecule has 100 valence electrons. The zero-order chi connectivity index (χ0) is 13.7. The molecule has 0 heterocycles. The second kappa shape index (κ2) is 3.97. The van der Waals surface area contributed by atoms with Gasteiger partial charge in [-0.05, 0) is 47.1 Å². The number of fused-ring (bicyclic) bond motifs is 1. The van der Waals surface area contributed by atoms with Gasteiger partial charge in [-0.1, -0.05) is 20.8 Å². The Balaban J connectivity index is 2.82. The van der Waals surface area contributed by atoms with Crippen LogP contribution in [0.25, 0.3) is 0 Å². The van der Waals surface area contributed by atoms with Crippen LogP contribution in [0.5, 0.6) is 5.75 Å². The van der Waals surface area contributed by atoms with E-state index < -0.39 is 0 Å². The smallest absolute Gasteiger partial charge is 0.119 e. The molecule has 0 amide bonds. The maximum absolute atomic E-state index is 10.00. The number of hydrogen-bond donors (Lipinski definition) is 3. The van der Waals surface area contributed by atoms with E-state index >= 15 is 0 Å². The Morgan fingerprint density at radius 3 is 2.33 bits per heavy atom. The number of aliphatic hydroxyl groups excluding tert-OH is 2. The standard InChI is InChI=1S/C15H22O3/c1-9-10(6-16)13-11(5-12(9)18)14(2,3)7-15(13,4)8-17/h5,16-18H,6-8H2,1-4H3/t15-/m0/s1. The Bertz CT molecular complexity index is 491. The quantitative estimate of drug-likeness (QED) is 0.753. The molecule has 0 spiro atoms. The molecule has 0 bridgehead atoms. The van der Waals surface area contributed by atoms with Gasteiger partial charge in [-0.25, -0.2) is 0 Å². The lowest BCUT2D eigenvalue weighted by atomic mass is 9.80. The molecule has 1 aromatic rings. The molecule has 3 heteroatoms. The molecule has 0 aromatic heterocycles. The molecule has 3 N–H and O–H groups in total. The first-order valence-electron chi connectivity index (χ1n) is 6.35. The number of benzene rings is 1.